The Morgan fingerprint density at radius 1 is 0.939 bits per heavy atom. The van der Waals surface area contributed by atoms with Gasteiger partial charge in [0, 0.05) is 26.9 Å². The summed E-state index contributed by atoms with van der Waals surface area (Å²) < 4.78 is 10.5. The fraction of sp³-hybridized carbons (Fsp3) is 0.200. The number of methoxy groups -OCH3 is 2. The van der Waals surface area contributed by atoms with Gasteiger partial charge in [0.05, 0.1) is 19.5 Å². The molecule has 3 aromatic carbocycles. The number of ether oxygens (including phenoxy) is 2. The average molecular weight is 485 g/mol. The van der Waals surface area contributed by atoms with Crippen LogP contribution in [0.3, 0.4) is 0 Å². The molecule has 0 aliphatic carbocycles. The molecule has 0 aromatic heterocycles. The molecule has 2 N–H and O–H groups in total. The normalized spacial score (nSPS) is 11.4. The largest absolute Gasteiger partial charge is 0.493 e. The summed E-state index contributed by atoms with van der Waals surface area (Å²) in [4.78, 5) is 26.2. The van der Waals surface area contributed by atoms with E-state index in [2.05, 4.69) is 10.6 Å². The molecule has 0 spiro atoms. The number of anilines is 2. The summed E-state index contributed by atoms with van der Waals surface area (Å²) in [7, 11) is 3.06. The quantitative estimate of drug-likeness (QED) is 0.381. The Kier molecular flexibility index (Phi) is 8.25. The first-order chi connectivity index (χ1) is 15.8. The Morgan fingerprint density at radius 2 is 1.70 bits per heavy atom. The van der Waals surface area contributed by atoms with E-state index in [0.29, 0.717) is 33.5 Å². The predicted molar refractivity (Wildman–Crippen MR) is 134 cm³/mol. The average Bonchev–Trinajstić information content (AvgIpc) is 2.81. The van der Waals surface area contributed by atoms with Crippen LogP contribution in [0.1, 0.15) is 22.8 Å². The van der Waals surface area contributed by atoms with E-state index >= 15 is 0 Å². The first kappa shape index (κ1) is 24.5. The van der Waals surface area contributed by atoms with Crippen molar-refractivity contribution >= 4 is 46.6 Å². The molecule has 0 bridgehead atoms. The van der Waals surface area contributed by atoms with Crippen LogP contribution >= 0.6 is 23.4 Å². The number of hydrogen-bond acceptors (Lipinski definition) is 5. The fourth-order valence-electron chi connectivity index (χ4n) is 3.05. The zero-order valence-corrected chi connectivity index (χ0v) is 20.3. The maximum Gasteiger partial charge on any atom is 0.255 e. The number of benzene rings is 3. The molecule has 8 heteroatoms. The lowest BCUT2D eigenvalue weighted by Gasteiger charge is -2.15. The summed E-state index contributed by atoms with van der Waals surface area (Å²) in [5.74, 6) is 0.613. The SMILES string of the molecule is COc1ccc(C(=O)Nc2cccc(SC(C)C(=O)Nc3cc(Cl)ccc3C)c2)cc1OC. The van der Waals surface area contributed by atoms with Crippen molar-refractivity contribution in [3.05, 3.63) is 76.8 Å². The van der Waals surface area contributed by atoms with Gasteiger partial charge >= 0.3 is 0 Å². The van der Waals surface area contributed by atoms with E-state index in [9.17, 15) is 9.59 Å². The third-order valence-corrected chi connectivity index (χ3v) is 6.21. The van der Waals surface area contributed by atoms with Crippen LogP contribution in [-0.4, -0.2) is 31.3 Å². The van der Waals surface area contributed by atoms with Gasteiger partial charge in [0.15, 0.2) is 11.5 Å². The minimum Gasteiger partial charge on any atom is -0.493 e. The second-order valence-electron chi connectivity index (χ2n) is 7.26. The Balaban J connectivity index is 1.66. The van der Waals surface area contributed by atoms with Crippen molar-refractivity contribution in [2.75, 3.05) is 24.9 Å². The summed E-state index contributed by atoms with van der Waals surface area (Å²) in [5.41, 5.74) is 2.69. The molecule has 0 aliphatic rings. The third-order valence-electron chi connectivity index (χ3n) is 4.88. The van der Waals surface area contributed by atoms with Crippen LogP contribution in [-0.2, 0) is 4.79 Å². The van der Waals surface area contributed by atoms with Gasteiger partial charge in [-0.05, 0) is 67.9 Å². The highest BCUT2D eigenvalue weighted by molar-refractivity contribution is 8.00. The second kappa shape index (κ2) is 11.1. The van der Waals surface area contributed by atoms with Gasteiger partial charge in [-0.1, -0.05) is 23.7 Å². The highest BCUT2D eigenvalue weighted by atomic mass is 35.5. The Labute approximate surface area is 202 Å². The first-order valence-corrected chi connectivity index (χ1v) is 11.4. The highest BCUT2D eigenvalue weighted by Crippen LogP contribution is 2.30. The smallest absolute Gasteiger partial charge is 0.255 e. The third kappa shape index (κ3) is 6.43. The summed E-state index contributed by atoms with van der Waals surface area (Å²) in [6.07, 6.45) is 0. The number of nitrogens with one attached hydrogen (secondary N) is 2. The van der Waals surface area contributed by atoms with Gasteiger partial charge in [0.25, 0.3) is 5.91 Å². The number of halogens is 1. The minimum atomic E-state index is -0.361. The lowest BCUT2D eigenvalue weighted by molar-refractivity contribution is -0.115. The zero-order chi connectivity index (χ0) is 24.0. The van der Waals surface area contributed by atoms with Crippen molar-refractivity contribution in [1.82, 2.24) is 0 Å². The molecule has 3 rings (SSSR count). The maximum absolute atomic E-state index is 12.7. The van der Waals surface area contributed by atoms with E-state index in [1.54, 1.807) is 36.4 Å². The maximum atomic E-state index is 12.7. The topological polar surface area (TPSA) is 76.7 Å². The molecule has 0 saturated carbocycles. The highest BCUT2D eigenvalue weighted by Gasteiger charge is 2.17. The second-order valence-corrected chi connectivity index (χ2v) is 9.11. The van der Waals surface area contributed by atoms with Gasteiger partial charge in [0.1, 0.15) is 0 Å². The van der Waals surface area contributed by atoms with Crippen molar-refractivity contribution in [3.63, 3.8) is 0 Å². The van der Waals surface area contributed by atoms with Crippen LogP contribution in [0, 0.1) is 6.92 Å². The lowest BCUT2D eigenvalue weighted by Crippen LogP contribution is -2.22. The van der Waals surface area contributed by atoms with Crippen molar-refractivity contribution in [1.29, 1.82) is 0 Å². The van der Waals surface area contributed by atoms with Crippen molar-refractivity contribution < 1.29 is 19.1 Å². The molecule has 0 saturated heterocycles. The monoisotopic (exact) mass is 484 g/mol. The van der Waals surface area contributed by atoms with Gasteiger partial charge in [-0.25, -0.2) is 0 Å². The fourth-order valence-corrected chi connectivity index (χ4v) is 4.15. The molecule has 0 fully saturated rings. The molecule has 0 radical (unpaired) electrons. The molecule has 0 aliphatic heterocycles. The van der Waals surface area contributed by atoms with Crippen molar-refractivity contribution in [3.8, 4) is 11.5 Å². The minimum absolute atomic E-state index is 0.134. The number of rotatable bonds is 8. The van der Waals surface area contributed by atoms with E-state index in [1.165, 1.54) is 26.0 Å². The van der Waals surface area contributed by atoms with E-state index in [4.69, 9.17) is 21.1 Å². The Bertz CT molecular complexity index is 1170. The number of carbonyl (C=O) groups is 2. The van der Waals surface area contributed by atoms with Gasteiger partial charge in [-0.3, -0.25) is 9.59 Å². The Morgan fingerprint density at radius 3 is 2.42 bits per heavy atom. The molecule has 172 valence electrons. The molecule has 3 aromatic rings. The summed E-state index contributed by atoms with van der Waals surface area (Å²) in [6, 6.07) is 17.7. The standard InChI is InChI=1S/C25H25ClN2O4S/c1-15-8-10-18(26)13-21(15)28-24(29)16(2)33-20-7-5-6-19(14-20)27-25(30)17-9-11-22(31-3)23(12-17)32-4/h5-14,16H,1-4H3,(H,27,30)(H,28,29). The predicted octanol–water partition coefficient (Wildman–Crippen LogP) is 6.04. The summed E-state index contributed by atoms with van der Waals surface area (Å²) >= 11 is 7.44. The van der Waals surface area contributed by atoms with Gasteiger partial charge in [-0.15, -0.1) is 11.8 Å². The molecular weight excluding hydrogens is 460 g/mol. The summed E-state index contributed by atoms with van der Waals surface area (Å²) in [5, 5.41) is 6.01. The molecule has 6 nitrogen and oxygen atoms in total. The molecule has 2 amide bonds. The van der Waals surface area contributed by atoms with Crippen molar-refractivity contribution in [2.45, 2.75) is 24.0 Å². The summed E-state index contributed by atoms with van der Waals surface area (Å²) in [6.45, 7) is 3.74. The van der Waals surface area contributed by atoms with Crippen LogP contribution in [0.2, 0.25) is 5.02 Å². The van der Waals surface area contributed by atoms with E-state index in [1.807, 2.05) is 38.1 Å². The number of amides is 2. The van der Waals surface area contributed by atoms with Crippen LogP contribution in [0.15, 0.2) is 65.6 Å². The van der Waals surface area contributed by atoms with E-state index in [-0.39, 0.29) is 17.1 Å². The van der Waals surface area contributed by atoms with Crippen LogP contribution < -0.4 is 20.1 Å². The number of aryl methyl sites for hydroxylation is 1. The van der Waals surface area contributed by atoms with E-state index in [0.717, 1.165) is 10.5 Å². The van der Waals surface area contributed by atoms with Crippen LogP contribution in [0.4, 0.5) is 11.4 Å². The lowest BCUT2D eigenvalue weighted by atomic mass is 10.2. The zero-order valence-electron chi connectivity index (χ0n) is 18.8. The van der Waals surface area contributed by atoms with Gasteiger partial charge in [0.2, 0.25) is 5.91 Å². The van der Waals surface area contributed by atoms with Gasteiger partial charge in [-0.2, -0.15) is 0 Å². The molecular formula is C25H25ClN2O4S. The number of carbonyl (C=O) groups excluding carboxylic acids is 2. The number of hydrogen-bond donors (Lipinski definition) is 2. The van der Waals surface area contributed by atoms with Crippen LogP contribution in [0.25, 0.3) is 0 Å². The molecule has 1 atom stereocenters. The molecule has 33 heavy (non-hydrogen) atoms. The Hall–Kier alpha value is -3.16. The first-order valence-electron chi connectivity index (χ1n) is 10.2. The van der Waals surface area contributed by atoms with E-state index < -0.39 is 0 Å². The van der Waals surface area contributed by atoms with Crippen LogP contribution in [0.5, 0.6) is 11.5 Å². The molecule has 0 heterocycles. The van der Waals surface area contributed by atoms with Crippen molar-refractivity contribution in [2.24, 2.45) is 0 Å². The molecule has 1 unspecified atom stereocenters. The van der Waals surface area contributed by atoms with Gasteiger partial charge < -0.3 is 20.1 Å². The number of thioether (sulfide) groups is 1.